The molecule has 0 atom stereocenters. The molecular weight excluding hydrogens is 336 g/mol. The molecule has 4 nitrogen and oxygen atoms in total. The van der Waals surface area contributed by atoms with Crippen LogP contribution in [0.4, 0.5) is 0 Å². The Balaban J connectivity index is 2.09. The molecule has 140 valence electrons. The van der Waals surface area contributed by atoms with Crippen LogP contribution in [0.15, 0.2) is 54.2 Å². The second kappa shape index (κ2) is 7.39. The number of benzene rings is 2. The molecule has 0 radical (unpaired) electrons. The molecule has 2 amide bonds. The van der Waals surface area contributed by atoms with Crippen molar-refractivity contribution in [2.24, 2.45) is 0 Å². The van der Waals surface area contributed by atoms with Crippen LogP contribution in [0.1, 0.15) is 36.1 Å². The first kappa shape index (κ1) is 18.9. The third-order valence-corrected chi connectivity index (χ3v) is 5.05. The maximum Gasteiger partial charge on any atom is 0.278 e. The Bertz CT molecular complexity index is 913. The molecule has 1 heterocycles. The van der Waals surface area contributed by atoms with Crippen molar-refractivity contribution >= 4 is 17.4 Å². The monoisotopic (exact) mass is 362 g/mol. The van der Waals surface area contributed by atoms with E-state index in [1.807, 2.05) is 88.2 Å². The summed E-state index contributed by atoms with van der Waals surface area (Å²) < 4.78 is 0. The van der Waals surface area contributed by atoms with Crippen molar-refractivity contribution < 1.29 is 9.59 Å². The first-order valence-corrected chi connectivity index (χ1v) is 9.26. The lowest BCUT2D eigenvalue weighted by molar-refractivity contribution is -0.139. The fourth-order valence-corrected chi connectivity index (χ4v) is 3.45. The summed E-state index contributed by atoms with van der Waals surface area (Å²) in [6, 6.07) is 15.7. The van der Waals surface area contributed by atoms with Gasteiger partial charge in [-0.25, -0.2) is 0 Å². The molecule has 0 fully saturated rings. The molecule has 2 aromatic rings. The van der Waals surface area contributed by atoms with Gasteiger partial charge in [0.1, 0.15) is 5.70 Å². The van der Waals surface area contributed by atoms with Gasteiger partial charge in [0.2, 0.25) is 0 Å². The zero-order valence-corrected chi connectivity index (χ0v) is 16.6. The molecule has 0 bridgehead atoms. The first-order valence-electron chi connectivity index (χ1n) is 9.26. The third kappa shape index (κ3) is 3.52. The van der Waals surface area contributed by atoms with Crippen LogP contribution in [0.3, 0.4) is 0 Å². The third-order valence-electron chi connectivity index (χ3n) is 5.05. The maximum absolute atomic E-state index is 13.1. The van der Waals surface area contributed by atoms with Crippen LogP contribution in [0, 0.1) is 13.8 Å². The molecular formula is C23H26N2O2. The van der Waals surface area contributed by atoms with Crippen LogP contribution >= 0.6 is 0 Å². The molecule has 2 aromatic carbocycles. The van der Waals surface area contributed by atoms with Crippen molar-refractivity contribution in [2.45, 2.75) is 40.3 Å². The highest BCUT2D eigenvalue weighted by Gasteiger charge is 2.42. The van der Waals surface area contributed by atoms with Crippen molar-refractivity contribution in [3.8, 4) is 0 Å². The van der Waals surface area contributed by atoms with Gasteiger partial charge in [0.25, 0.3) is 11.8 Å². The standard InChI is InChI=1S/C23H26N2O2/c1-15(2)25-22(26)20(19-12-11-16(3)17(4)13-19)21(23(25)27)24(5)14-18-9-7-6-8-10-18/h6-13,15H,14H2,1-5H3. The lowest BCUT2D eigenvalue weighted by atomic mass is 9.99. The Morgan fingerprint density at radius 3 is 2.19 bits per heavy atom. The van der Waals surface area contributed by atoms with Gasteiger partial charge in [-0.1, -0.05) is 48.5 Å². The molecule has 0 unspecified atom stereocenters. The van der Waals surface area contributed by atoms with E-state index in [0.29, 0.717) is 17.8 Å². The number of nitrogens with zero attached hydrogens (tertiary/aromatic N) is 2. The van der Waals surface area contributed by atoms with E-state index in [0.717, 1.165) is 22.3 Å². The summed E-state index contributed by atoms with van der Waals surface area (Å²) in [6.07, 6.45) is 0. The number of carbonyl (C=O) groups excluding carboxylic acids is 2. The van der Waals surface area contributed by atoms with Gasteiger partial charge in [-0.3, -0.25) is 14.5 Å². The van der Waals surface area contributed by atoms with Gasteiger partial charge < -0.3 is 4.90 Å². The summed E-state index contributed by atoms with van der Waals surface area (Å²) in [5.41, 5.74) is 5.13. The molecule has 3 rings (SSSR count). The minimum atomic E-state index is -0.221. The van der Waals surface area contributed by atoms with Crippen molar-refractivity contribution in [2.75, 3.05) is 7.05 Å². The lowest BCUT2D eigenvalue weighted by Crippen LogP contribution is -2.39. The predicted molar refractivity (Wildman–Crippen MR) is 108 cm³/mol. The number of rotatable bonds is 5. The molecule has 0 spiro atoms. The molecule has 0 aromatic heterocycles. The Morgan fingerprint density at radius 1 is 0.926 bits per heavy atom. The topological polar surface area (TPSA) is 40.6 Å². The Hall–Kier alpha value is -2.88. The maximum atomic E-state index is 13.1. The van der Waals surface area contributed by atoms with Gasteiger partial charge in [-0.05, 0) is 49.9 Å². The molecule has 0 saturated carbocycles. The zero-order chi connectivity index (χ0) is 19.7. The fraction of sp³-hybridized carbons (Fsp3) is 0.304. The van der Waals surface area contributed by atoms with Crippen LogP contribution in [0.2, 0.25) is 0 Å². The smallest absolute Gasteiger partial charge is 0.278 e. The summed E-state index contributed by atoms with van der Waals surface area (Å²) in [6.45, 7) is 8.36. The van der Waals surface area contributed by atoms with E-state index in [4.69, 9.17) is 0 Å². The average Bonchev–Trinajstić information content (AvgIpc) is 2.89. The number of amides is 2. The van der Waals surface area contributed by atoms with Gasteiger partial charge in [0.05, 0.1) is 5.57 Å². The van der Waals surface area contributed by atoms with Crippen molar-refractivity contribution in [3.63, 3.8) is 0 Å². The number of imide groups is 1. The predicted octanol–water partition coefficient (Wildman–Crippen LogP) is 3.92. The SMILES string of the molecule is Cc1ccc(C2=C(N(C)Cc3ccccc3)C(=O)N(C(C)C)C2=O)cc1C. The quantitative estimate of drug-likeness (QED) is 0.757. The van der Waals surface area contributed by atoms with Crippen molar-refractivity contribution in [1.82, 2.24) is 9.80 Å². The summed E-state index contributed by atoms with van der Waals surface area (Å²) in [4.78, 5) is 29.5. The van der Waals surface area contributed by atoms with E-state index in [1.165, 1.54) is 4.90 Å². The fourth-order valence-electron chi connectivity index (χ4n) is 3.45. The van der Waals surface area contributed by atoms with Crippen molar-refractivity contribution in [1.29, 1.82) is 0 Å². The van der Waals surface area contributed by atoms with Gasteiger partial charge in [-0.15, -0.1) is 0 Å². The van der Waals surface area contributed by atoms with E-state index in [2.05, 4.69) is 0 Å². The second-order valence-electron chi connectivity index (χ2n) is 7.44. The molecule has 27 heavy (non-hydrogen) atoms. The van der Waals surface area contributed by atoms with Crippen LogP contribution in [-0.4, -0.2) is 34.7 Å². The van der Waals surface area contributed by atoms with E-state index in [9.17, 15) is 9.59 Å². The molecule has 1 aliphatic heterocycles. The number of hydrogen-bond acceptors (Lipinski definition) is 3. The number of carbonyl (C=O) groups is 2. The van der Waals surface area contributed by atoms with E-state index < -0.39 is 0 Å². The number of hydrogen-bond donors (Lipinski definition) is 0. The minimum Gasteiger partial charge on any atom is -0.365 e. The van der Waals surface area contributed by atoms with Crippen molar-refractivity contribution in [3.05, 3.63) is 76.5 Å². The number of likely N-dealkylation sites (N-methyl/N-ethyl adjacent to an activating group) is 1. The molecule has 4 heteroatoms. The molecule has 0 N–H and O–H groups in total. The van der Waals surface area contributed by atoms with Crippen LogP contribution < -0.4 is 0 Å². The van der Waals surface area contributed by atoms with Gasteiger partial charge >= 0.3 is 0 Å². The second-order valence-corrected chi connectivity index (χ2v) is 7.44. The van der Waals surface area contributed by atoms with E-state index >= 15 is 0 Å². The summed E-state index contributed by atoms with van der Waals surface area (Å²) >= 11 is 0. The summed E-state index contributed by atoms with van der Waals surface area (Å²) in [5.74, 6) is -0.435. The Kier molecular flexibility index (Phi) is 5.17. The summed E-state index contributed by atoms with van der Waals surface area (Å²) in [7, 11) is 1.87. The normalized spacial score (nSPS) is 14.5. The number of aryl methyl sites for hydroxylation is 2. The van der Waals surface area contributed by atoms with E-state index in [-0.39, 0.29) is 17.9 Å². The van der Waals surface area contributed by atoms with Gasteiger partial charge in [0.15, 0.2) is 0 Å². The highest BCUT2D eigenvalue weighted by Crippen LogP contribution is 2.33. The molecule has 1 aliphatic rings. The highest BCUT2D eigenvalue weighted by molar-refractivity contribution is 6.35. The highest BCUT2D eigenvalue weighted by atomic mass is 16.2. The van der Waals surface area contributed by atoms with Gasteiger partial charge in [-0.2, -0.15) is 0 Å². The lowest BCUT2D eigenvalue weighted by Gasteiger charge is -2.23. The zero-order valence-electron chi connectivity index (χ0n) is 16.6. The first-order chi connectivity index (χ1) is 12.8. The largest absolute Gasteiger partial charge is 0.365 e. The van der Waals surface area contributed by atoms with E-state index in [1.54, 1.807) is 0 Å². The molecule has 0 aliphatic carbocycles. The van der Waals surface area contributed by atoms with Crippen LogP contribution in [0.5, 0.6) is 0 Å². The van der Waals surface area contributed by atoms with Crippen LogP contribution in [0.25, 0.3) is 5.57 Å². The Labute approximate surface area is 161 Å². The Morgan fingerprint density at radius 2 is 1.59 bits per heavy atom. The summed E-state index contributed by atoms with van der Waals surface area (Å²) in [5, 5.41) is 0. The minimum absolute atomic E-state index is 0.186. The van der Waals surface area contributed by atoms with Crippen LogP contribution in [-0.2, 0) is 16.1 Å². The van der Waals surface area contributed by atoms with Gasteiger partial charge in [0, 0.05) is 19.6 Å². The molecule has 0 saturated heterocycles. The average molecular weight is 362 g/mol.